The van der Waals surface area contributed by atoms with Gasteiger partial charge in [0.2, 0.25) is 5.95 Å². The number of halogens is 3. The van der Waals surface area contributed by atoms with E-state index in [1.54, 1.807) is 42.5 Å². The molecule has 2 aromatic carbocycles. The van der Waals surface area contributed by atoms with Crippen LogP contribution in [0.5, 0.6) is 0 Å². The normalized spacial score (nSPS) is 11.0. The number of hydrogen-bond donors (Lipinski definition) is 2. The number of hydrogen-bond acceptors (Lipinski definition) is 5. The molecule has 5 nitrogen and oxygen atoms in total. The molecule has 0 aliphatic carbocycles. The van der Waals surface area contributed by atoms with Crippen LogP contribution in [-0.4, -0.2) is 9.97 Å². The molecule has 1 heterocycles. The van der Waals surface area contributed by atoms with Gasteiger partial charge in [-0.15, -0.1) is 0 Å². The molecule has 0 unspecified atom stereocenters. The maximum absolute atomic E-state index is 13.4. The van der Waals surface area contributed by atoms with E-state index in [0.717, 1.165) is 18.2 Å². The van der Waals surface area contributed by atoms with Crippen LogP contribution in [0, 0.1) is 11.3 Å². The number of nitrogens with zero attached hydrogens (tertiary/aromatic N) is 3. The lowest BCUT2D eigenvalue weighted by molar-refractivity contribution is -0.137. The SMILES string of the molecule is CCc1cccc(Nc2nc(Nc3ccc(C#N)cc3)ncc2C(F)(F)F)c1. The molecular weight excluding hydrogens is 367 g/mol. The Morgan fingerprint density at radius 3 is 2.43 bits per heavy atom. The van der Waals surface area contributed by atoms with Gasteiger partial charge in [0.05, 0.1) is 11.6 Å². The van der Waals surface area contributed by atoms with E-state index in [4.69, 9.17) is 5.26 Å². The van der Waals surface area contributed by atoms with Crippen molar-refractivity contribution < 1.29 is 13.2 Å². The van der Waals surface area contributed by atoms with Crippen molar-refractivity contribution in [2.75, 3.05) is 10.6 Å². The van der Waals surface area contributed by atoms with Gasteiger partial charge in [0.1, 0.15) is 11.4 Å². The Morgan fingerprint density at radius 1 is 1.04 bits per heavy atom. The van der Waals surface area contributed by atoms with Gasteiger partial charge in [0.15, 0.2) is 0 Å². The molecule has 0 aliphatic rings. The summed E-state index contributed by atoms with van der Waals surface area (Å²) in [6, 6.07) is 15.5. The molecule has 0 saturated heterocycles. The van der Waals surface area contributed by atoms with E-state index in [2.05, 4.69) is 20.6 Å². The predicted molar refractivity (Wildman–Crippen MR) is 101 cm³/mol. The monoisotopic (exact) mass is 383 g/mol. The van der Waals surface area contributed by atoms with Gasteiger partial charge in [-0.3, -0.25) is 0 Å². The Hall–Kier alpha value is -3.60. The zero-order chi connectivity index (χ0) is 20.1. The highest BCUT2D eigenvalue weighted by atomic mass is 19.4. The molecular formula is C20H16F3N5. The molecule has 3 aromatic rings. The highest BCUT2D eigenvalue weighted by Gasteiger charge is 2.35. The summed E-state index contributed by atoms with van der Waals surface area (Å²) in [5.41, 5.74) is 1.56. The van der Waals surface area contributed by atoms with E-state index in [1.165, 1.54) is 0 Å². The van der Waals surface area contributed by atoms with Crippen molar-refractivity contribution in [2.45, 2.75) is 19.5 Å². The summed E-state index contributed by atoms with van der Waals surface area (Å²) >= 11 is 0. The summed E-state index contributed by atoms with van der Waals surface area (Å²) in [4.78, 5) is 7.78. The summed E-state index contributed by atoms with van der Waals surface area (Å²) in [6.07, 6.45) is -3.10. The molecule has 0 bridgehead atoms. The standard InChI is InChI=1S/C20H16F3N5/c1-2-13-4-3-5-16(10-13)26-18-17(20(21,22)23)12-25-19(28-18)27-15-8-6-14(11-24)7-9-15/h3-10,12H,2H2,1H3,(H2,25,26,27,28). The van der Waals surface area contributed by atoms with Crippen molar-refractivity contribution in [2.24, 2.45) is 0 Å². The van der Waals surface area contributed by atoms with Crippen LogP contribution in [0.2, 0.25) is 0 Å². The Bertz CT molecular complexity index is 1010. The molecule has 142 valence electrons. The average Bonchev–Trinajstić information content (AvgIpc) is 2.68. The maximum atomic E-state index is 13.4. The van der Waals surface area contributed by atoms with E-state index < -0.39 is 11.7 Å². The van der Waals surface area contributed by atoms with Crippen LogP contribution in [0.3, 0.4) is 0 Å². The van der Waals surface area contributed by atoms with Crippen molar-refractivity contribution in [1.29, 1.82) is 5.26 Å². The Balaban J connectivity index is 1.93. The van der Waals surface area contributed by atoms with E-state index in [0.29, 0.717) is 16.9 Å². The molecule has 0 saturated carbocycles. The molecule has 2 N–H and O–H groups in total. The lowest BCUT2D eigenvalue weighted by atomic mass is 10.1. The number of benzene rings is 2. The van der Waals surface area contributed by atoms with Gasteiger partial charge in [0.25, 0.3) is 0 Å². The minimum Gasteiger partial charge on any atom is -0.340 e. The van der Waals surface area contributed by atoms with Crippen LogP contribution in [0.25, 0.3) is 0 Å². The quantitative estimate of drug-likeness (QED) is 0.616. The van der Waals surface area contributed by atoms with Crippen LogP contribution in [0.1, 0.15) is 23.6 Å². The van der Waals surface area contributed by atoms with Crippen LogP contribution in [-0.2, 0) is 12.6 Å². The predicted octanol–water partition coefficient (Wildman–Crippen LogP) is 5.42. The molecule has 1 aromatic heterocycles. The van der Waals surface area contributed by atoms with Crippen molar-refractivity contribution in [3.63, 3.8) is 0 Å². The van der Waals surface area contributed by atoms with Crippen molar-refractivity contribution in [1.82, 2.24) is 9.97 Å². The smallest absolute Gasteiger partial charge is 0.340 e. The third-order valence-electron chi connectivity index (χ3n) is 3.96. The van der Waals surface area contributed by atoms with Gasteiger partial charge in [-0.05, 0) is 48.4 Å². The number of nitrogens with one attached hydrogen (secondary N) is 2. The molecule has 0 fully saturated rings. The summed E-state index contributed by atoms with van der Waals surface area (Å²) in [7, 11) is 0. The molecule has 0 atom stereocenters. The third kappa shape index (κ3) is 4.57. The Labute approximate surface area is 159 Å². The van der Waals surface area contributed by atoms with Crippen molar-refractivity contribution in [3.05, 3.63) is 71.4 Å². The Kier molecular flexibility index (Phi) is 5.45. The van der Waals surface area contributed by atoms with Crippen LogP contribution in [0.15, 0.2) is 54.7 Å². The molecule has 0 amide bonds. The second-order valence-corrected chi connectivity index (χ2v) is 5.95. The molecule has 28 heavy (non-hydrogen) atoms. The number of nitriles is 1. The summed E-state index contributed by atoms with van der Waals surface area (Å²) in [5.74, 6) is -0.334. The minimum atomic E-state index is -4.60. The summed E-state index contributed by atoms with van der Waals surface area (Å²) in [5, 5.41) is 14.4. The Morgan fingerprint density at radius 2 is 1.79 bits per heavy atom. The maximum Gasteiger partial charge on any atom is 0.421 e. The number of rotatable bonds is 5. The van der Waals surface area contributed by atoms with E-state index in [1.807, 2.05) is 19.1 Å². The highest BCUT2D eigenvalue weighted by Crippen LogP contribution is 2.35. The van der Waals surface area contributed by atoms with Crippen LogP contribution < -0.4 is 10.6 Å². The van der Waals surface area contributed by atoms with Gasteiger partial charge in [-0.1, -0.05) is 19.1 Å². The summed E-state index contributed by atoms with van der Waals surface area (Å²) < 4.78 is 40.1. The third-order valence-corrected chi connectivity index (χ3v) is 3.96. The van der Waals surface area contributed by atoms with Gasteiger partial charge >= 0.3 is 6.18 Å². The topological polar surface area (TPSA) is 73.6 Å². The van der Waals surface area contributed by atoms with Gasteiger partial charge in [-0.2, -0.15) is 23.4 Å². The minimum absolute atomic E-state index is 0.00635. The second kappa shape index (κ2) is 7.96. The first-order valence-corrected chi connectivity index (χ1v) is 8.46. The van der Waals surface area contributed by atoms with E-state index in [9.17, 15) is 13.2 Å². The van der Waals surface area contributed by atoms with Crippen LogP contribution in [0.4, 0.5) is 36.3 Å². The molecule has 8 heteroatoms. The lowest BCUT2D eigenvalue weighted by Crippen LogP contribution is -2.12. The number of aromatic nitrogens is 2. The second-order valence-electron chi connectivity index (χ2n) is 5.95. The van der Waals surface area contributed by atoms with Crippen molar-refractivity contribution >= 4 is 23.1 Å². The molecule has 3 rings (SSSR count). The highest BCUT2D eigenvalue weighted by molar-refractivity contribution is 5.63. The molecule has 0 aliphatic heterocycles. The largest absolute Gasteiger partial charge is 0.421 e. The number of alkyl halides is 3. The first-order valence-electron chi connectivity index (χ1n) is 8.46. The van der Waals surface area contributed by atoms with Gasteiger partial charge in [-0.25, -0.2) is 4.98 Å². The fraction of sp³-hybridized carbons (Fsp3) is 0.150. The van der Waals surface area contributed by atoms with E-state index >= 15 is 0 Å². The van der Waals surface area contributed by atoms with Gasteiger partial charge in [0, 0.05) is 17.6 Å². The lowest BCUT2D eigenvalue weighted by Gasteiger charge is -2.15. The zero-order valence-electron chi connectivity index (χ0n) is 14.9. The molecule has 0 spiro atoms. The number of anilines is 4. The van der Waals surface area contributed by atoms with Gasteiger partial charge < -0.3 is 10.6 Å². The number of aryl methyl sites for hydroxylation is 1. The first kappa shape index (κ1) is 19.2. The zero-order valence-corrected chi connectivity index (χ0v) is 14.9. The van der Waals surface area contributed by atoms with E-state index in [-0.39, 0.29) is 11.8 Å². The fourth-order valence-corrected chi connectivity index (χ4v) is 2.51. The summed E-state index contributed by atoms with van der Waals surface area (Å²) in [6.45, 7) is 1.96. The average molecular weight is 383 g/mol. The molecule has 0 radical (unpaired) electrons. The van der Waals surface area contributed by atoms with Crippen LogP contribution >= 0.6 is 0 Å². The van der Waals surface area contributed by atoms with Crippen molar-refractivity contribution in [3.8, 4) is 6.07 Å². The first-order chi connectivity index (χ1) is 13.4. The fourth-order valence-electron chi connectivity index (χ4n) is 2.51.